The predicted octanol–water partition coefficient (Wildman–Crippen LogP) is 0.0816. The number of para-hydroxylation sites is 2. The monoisotopic (exact) mass is 238 g/mol. The molecule has 1 rings (SSSR count). The van der Waals surface area contributed by atoms with Gasteiger partial charge < -0.3 is 16.4 Å². The second-order valence-electron chi connectivity index (χ2n) is 3.26. The Kier molecular flexibility index (Phi) is 4.89. The summed E-state index contributed by atoms with van der Waals surface area (Å²) in [4.78, 5) is 21.1. The zero-order chi connectivity index (χ0) is 12.7. The van der Waals surface area contributed by atoms with Crippen LogP contribution in [0.25, 0.3) is 0 Å². The Bertz CT molecular complexity index is 408. The van der Waals surface area contributed by atoms with E-state index < -0.39 is 4.92 Å². The van der Waals surface area contributed by atoms with Crippen LogP contribution in [0.15, 0.2) is 24.3 Å². The van der Waals surface area contributed by atoms with E-state index in [1.807, 2.05) is 0 Å². The number of amides is 1. The highest BCUT2D eigenvalue weighted by Gasteiger charge is 2.11. The number of hydrogen-bond acceptors (Lipinski definition) is 5. The molecule has 0 atom stereocenters. The molecule has 0 aliphatic carbocycles. The van der Waals surface area contributed by atoms with Crippen LogP contribution < -0.4 is 16.4 Å². The molecule has 17 heavy (non-hydrogen) atoms. The van der Waals surface area contributed by atoms with Gasteiger partial charge in [-0.25, -0.2) is 0 Å². The Morgan fingerprint density at radius 3 is 2.71 bits per heavy atom. The number of nitrogens with two attached hydrogens (primary N) is 1. The van der Waals surface area contributed by atoms with Gasteiger partial charge in [0.1, 0.15) is 5.69 Å². The summed E-state index contributed by atoms with van der Waals surface area (Å²) in [5.41, 5.74) is 5.55. The predicted molar refractivity (Wildman–Crippen MR) is 63.7 cm³/mol. The summed E-state index contributed by atoms with van der Waals surface area (Å²) in [6.45, 7) is 0.699. The molecule has 92 valence electrons. The van der Waals surface area contributed by atoms with Gasteiger partial charge in [0, 0.05) is 19.2 Å². The lowest BCUT2D eigenvalue weighted by atomic mass is 10.2. The lowest BCUT2D eigenvalue weighted by Gasteiger charge is -2.07. The minimum atomic E-state index is -0.458. The third-order valence-corrected chi connectivity index (χ3v) is 2.05. The summed E-state index contributed by atoms with van der Waals surface area (Å²) in [5, 5.41) is 16.1. The summed E-state index contributed by atoms with van der Waals surface area (Å²) in [7, 11) is 0. The van der Waals surface area contributed by atoms with E-state index in [4.69, 9.17) is 5.73 Å². The summed E-state index contributed by atoms with van der Waals surface area (Å²) in [5.74, 6) is -0.255. The zero-order valence-corrected chi connectivity index (χ0v) is 9.18. The van der Waals surface area contributed by atoms with E-state index in [0.29, 0.717) is 18.8 Å². The van der Waals surface area contributed by atoms with Crippen LogP contribution in [0, 0.1) is 10.1 Å². The number of nitrogens with zero attached hydrogens (tertiary/aromatic N) is 1. The number of carbonyl (C=O) groups excluding carboxylic acids is 1. The maximum atomic E-state index is 10.8. The number of nitro benzene ring substituents is 1. The fourth-order valence-corrected chi connectivity index (χ4v) is 1.25. The molecule has 0 aliphatic heterocycles. The summed E-state index contributed by atoms with van der Waals surface area (Å²) < 4.78 is 0. The zero-order valence-electron chi connectivity index (χ0n) is 9.18. The largest absolute Gasteiger partial charge is 0.378 e. The number of carbonyl (C=O) groups is 1. The van der Waals surface area contributed by atoms with E-state index in [0.717, 1.165) is 0 Å². The van der Waals surface area contributed by atoms with E-state index in [1.54, 1.807) is 18.2 Å². The summed E-state index contributed by atoms with van der Waals surface area (Å²) in [6, 6.07) is 6.33. The van der Waals surface area contributed by atoms with E-state index >= 15 is 0 Å². The second-order valence-corrected chi connectivity index (χ2v) is 3.26. The van der Waals surface area contributed by atoms with Crippen LogP contribution in [0.3, 0.4) is 0 Å². The molecule has 0 spiro atoms. The number of rotatable bonds is 6. The van der Waals surface area contributed by atoms with Gasteiger partial charge in [0.2, 0.25) is 5.91 Å². The minimum Gasteiger partial charge on any atom is -0.378 e. The van der Waals surface area contributed by atoms with E-state index in [2.05, 4.69) is 10.6 Å². The molecule has 0 unspecified atom stereocenters. The van der Waals surface area contributed by atoms with Crippen LogP contribution in [0.2, 0.25) is 0 Å². The highest BCUT2D eigenvalue weighted by atomic mass is 16.6. The van der Waals surface area contributed by atoms with Gasteiger partial charge in [-0.2, -0.15) is 0 Å². The van der Waals surface area contributed by atoms with Gasteiger partial charge in [0.25, 0.3) is 5.69 Å². The van der Waals surface area contributed by atoms with Crippen molar-refractivity contribution in [2.75, 3.05) is 25.0 Å². The first-order chi connectivity index (χ1) is 8.15. The Labute approximate surface area is 98.1 Å². The van der Waals surface area contributed by atoms with Crippen LogP contribution in [0.4, 0.5) is 11.4 Å². The van der Waals surface area contributed by atoms with Gasteiger partial charge in [-0.05, 0) is 6.07 Å². The van der Waals surface area contributed by atoms with Crippen molar-refractivity contribution >= 4 is 17.3 Å². The third-order valence-electron chi connectivity index (χ3n) is 2.05. The highest BCUT2D eigenvalue weighted by Crippen LogP contribution is 2.22. The van der Waals surface area contributed by atoms with Crippen molar-refractivity contribution in [2.24, 2.45) is 5.73 Å². The molecule has 0 heterocycles. The third kappa shape index (κ3) is 4.07. The number of hydrogen-bond donors (Lipinski definition) is 3. The van der Waals surface area contributed by atoms with Crippen molar-refractivity contribution in [1.29, 1.82) is 0 Å². The van der Waals surface area contributed by atoms with Crippen LogP contribution in [0.1, 0.15) is 0 Å². The molecule has 0 saturated carbocycles. The van der Waals surface area contributed by atoms with Crippen LogP contribution in [-0.2, 0) is 4.79 Å². The minimum absolute atomic E-state index is 0.0117. The molecule has 1 aromatic carbocycles. The number of benzene rings is 1. The standard InChI is InChI=1S/C10H14N4O3/c11-7-10(15)13-6-5-12-8-3-1-2-4-9(8)14(16)17/h1-4,12H,5-7,11H2,(H,13,15). The van der Waals surface area contributed by atoms with Crippen molar-refractivity contribution in [3.8, 4) is 0 Å². The molecule has 1 aromatic rings. The molecule has 0 aromatic heterocycles. The molecule has 0 radical (unpaired) electrons. The normalized spacial score (nSPS) is 9.71. The van der Waals surface area contributed by atoms with Crippen molar-refractivity contribution in [1.82, 2.24) is 5.32 Å². The van der Waals surface area contributed by atoms with Crippen LogP contribution >= 0.6 is 0 Å². The molecule has 7 nitrogen and oxygen atoms in total. The molecule has 7 heteroatoms. The quantitative estimate of drug-likeness (QED) is 0.369. The summed E-state index contributed by atoms with van der Waals surface area (Å²) in [6.07, 6.45) is 0. The van der Waals surface area contributed by atoms with E-state index in [1.165, 1.54) is 6.07 Å². The first-order valence-corrected chi connectivity index (χ1v) is 5.09. The lowest BCUT2D eigenvalue weighted by molar-refractivity contribution is -0.384. The fraction of sp³-hybridized carbons (Fsp3) is 0.300. The molecular weight excluding hydrogens is 224 g/mol. The molecule has 0 aliphatic rings. The fourth-order valence-electron chi connectivity index (χ4n) is 1.25. The number of anilines is 1. The average molecular weight is 238 g/mol. The first-order valence-electron chi connectivity index (χ1n) is 5.09. The number of nitrogens with one attached hydrogen (secondary N) is 2. The van der Waals surface area contributed by atoms with Crippen molar-refractivity contribution in [3.63, 3.8) is 0 Å². The van der Waals surface area contributed by atoms with Gasteiger partial charge >= 0.3 is 0 Å². The van der Waals surface area contributed by atoms with Gasteiger partial charge in [-0.15, -0.1) is 0 Å². The Balaban J connectivity index is 2.46. The molecule has 4 N–H and O–H groups in total. The maximum absolute atomic E-state index is 10.8. The van der Waals surface area contributed by atoms with E-state index in [-0.39, 0.29) is 18.1 Å². The van der Waals surface area contributed by atoms with Crippen molar-refractivity contribution in [3.05, 3.63) is 34.4 Å². The van der Waals surface area contributed by atoms with Gasteiger partial charge in [0.15, 0.2) is 0 Å². The topological polar surface area (TPSA) is 110 Å². The molecule has 0 bridgehead atoms. The van der Waals surface area contributed by atoms with Crippen molar-refractivity contribution < 1.29 is 9.72 Å². The smallest absolute Gasteiger partial charge is 0.292 e. The van der Waals surface area contributed by atoms with Gasteiger partial charge in [-0.3, -0.25) is 14.9 Å². The van der Waals surface area contributed by atoms with Crippen LogP contribution in [-0.4, -0.2) is 30.5 Å². The molecule has 0 saturated heterocycles. The van der Waals surface area contributed by atoms with Gasteiger partial charge in [0.05, 0.1) is 11.5 Å². The molecule has 0 fully saturated rings. The SMILES string of the molecule is NCC(=O)NCCNc1ccccc1[N+](=O)[O-]. The number of nitro groups is 1. The van der Waals surface area contributed by atoms with Gasteiger partial charge in [-0.1, -0.05) is 12.1 Å². The highest BCUT2D eigenvalue weighted by molar-refractivity contribution is 5.77. The van der Waals surface area contributed by atoms with Crippen LogP contribution in [0.5, 0.6) is 0 Å². The van der Waals surface area contributed by atoms with Crippen molar-refractivity contribution in [2.45, 2.75) is 0 Å². The van der Waals surface area contributed by atoms with E-state index in [9.17, 15) is 14.9 Å². The maximum Gasteiger partial charge on any atom is 0.292 e. The molecule has 1 amide bonds. The Morgan fingerprint density at radius 1 is 1.35 bits per heavy atom. The molecular formula is C10H14N4O3. The average Bonchev–Trinajstić information content (AvgIpc) is 2.34. The first kappa shape index (κ1) is 12.9. The Hall–Kier alpha value is -2.15. The Morgan fingerprint density at radius 2 is 2.06 bits per heavy atom. The lowest BCUT2D eigenvalue weighted by Crippen LogP contribution is -2.33. The second kappa shape index (κ2) is 6.44. The summed E-state index contributed by atoms with van der Waals surface area (Å²) >= 11 is 0.